The zero-order chi connectivity index (χ0) is 37.8. The summed E-state index contributed by atoms with van der Waals surface area (Å²) < 4.78 is 26.1. The Morgan fingerprint density at radius 1 is 0.627 bits per heavy atom. The first kappa shape index (κ1) is 48.5. The Bertz CT molecular complexity index is 1080. The van der Waals surface area contributed by atoms with Crippen molar-refractivity contribution in [3.8, 4) is 0 Å². The molecule has 0 heterocycles. The van der Waals surface area contributed by atoms with E-state index in [1.54, 1.807) is 12.2 Å². The van der Waals surface area contributed by atoms with Crippen molar-refractivity contribution in [2.24, 2.45) is 5.92 Å². The van der Waals surface area contributed by atoms with E-state index in [0.29, 0.717) is 6.42 Å². The van der Waals surface area contributed by atoms with Gasteiger partial charge < -0.3 is 24.4 Å². The molecule has 0 radical (unpaired) electrons. The lowest BCUT2D eigenvalue weighted by molar-refractivity contribution is -0.161. The number of esters is 2. The average molecular weight is 737 g/mol. The molecule has 0 amide bonds. The van der Waals surface area contributed by atoms with Crippen molar-refractivity contribution in [2.45, 2.75) is 155 Å². The van der Waals surface area contributed by atoms with Crippen LogP contribution in [0.25, 0.3) is 0 Å². The van der Waals surface area contributed by atoms with Gasteiger partial charge in [0.15, 0.2) is 6.10 Å². The molecule has 9 nitrogen and oxygen atoms in total. The number of rotatable bonds is 33. The van der Waals surface area contributed by atoms with Gasteiger partial charge in [0, 0.05) is 12.8 Å². The van der Waals surface area contributed by atoms with Gasteiger partial charge in [-0.2, -0.15) is 0 Å². The normalized spacial score (nSPS) is 14.0. The highest BCUT2D eigenvalue weighted by atomic mass is 31.2. The molecule has 0 aromatic rings. The van der Waals surface area contributed by atoms with Gasteiger partial charge in [0.1, 0.15) is 6.61 Å². The number of hydrogen-bond donors (Lipinski definition) is 3. The molecule has 292 valence electrons. The van der Waals surface area contributed by atoms with Crippen molar-refractivity contribution in [2.75, 3.05) is 13.2 Å². The van der Waals surface area contributed by atoms with E-state index in [2.05, 4.69) is 73.9 Å². The van der Waals surface area contributed by atoms with Crippen molar-refractivity contribution in [1.29, 1.82) is 0 Å². The molecule has 0 fully saturated rings. The Kier molecular flexibility index (Phi) is 32.8. The summed E-state index contributed by atoms with van der Waals surface area (Å²) in [5.41, 5.74) is 0. The van der Waals surface area contributed by atoms with E-state index in [4.69, 9.17) is 19.3 Å². The Balaban J connectivity index is 4.24. The van der Waals surface area contributed by atoms with Crippen LogP contribution in [0.4, 0.5) is 0 Å². The molecule has 0 rings (SSSR count). The van der Waals surface area contributed by atoms with Gasteiger partial charge in [-0.1, -0.05) is 158 Å². The molecule has 0 saturated heterocycles. The van der Waals surface area contributed by atoms with Gasteiger partial charge in [0.05, 0.1) is 12.7 Å². The highest BCUT2D eigenvalue weighted by Crippen LogP contribution is 2.36. The van der Waals surface area contributed by atoms with E-state index in [-0.39, 0.29) is 25.9 Å². The van der Waals surface area contributed by atoms with Crippen LogP contribution in [0.5, 0.6) is 0 Å². The van der Waals surface area contributed by atoms with Crippen LogP contribution in [-0.4, -0.2) is 52.3 Å². The van der Waals surface area contributed by atoms with Crippen LogP contribution >= 0.6 is 7.82 Å². The second-order valence-corrected chi connectivity index (χ2v) is 14.4. The van der Waals surface area contributed by atoms with E-state index in [1.165, 1.54) is 44.9 Å². The fourth-order valence-corrected chi connectivity index (χ4v) is 5.26. The second-order valence-electron chi connectivity index (χ2n) is 13.2. The lowest BCUT2D eigenvalue weighted by Gasteiger charge is -2.18. The number of ether oxygens (including phenoxy) is 2. The number of unbranched alkanes of at least 4 members (excludes halogenated alkanes) is 9. The Morgan fingerprint density at radius 2 is 1.14 bits per heavy atom. The first-order valence-electron chi connectivity index (χ1n) is 19.2. The minimum absolute atomic E-state index is 0.0875. The van der Waals surface area contributed by atoms with Gasteiger partial charge >= 0.3 is 19.8 Å². The summed E-state index contributed by atoms with van der Waals surface area (Å²) >= 11 is 0. The number of phosphoric acid groups is 1. The van der Waals surface area contributed by atoms with E-state index < -0.39 is 38.6 Å². The lowest BCUT2D eigenvalue weighted by atomic mass is 10.0. The van der Waals surface area contributed by atoms with Crippen LogP contribution < -0.4 is 0 Å². The van der Waals surface area contributed by atoms with Crippen molar-refractivity contribution >= 4 is 19.8 Å². The number of carbonyl (C=O) groups is 2. The zero-order valence-corrected chi connectivity index (χ0v) is 32.6. The first-order chi connectivity index (χ1) is 24.5. The minimum atomic E-state index is -4.82. The molecule has 51 heavy (non-hydrogen) atoms. The molecule has 2 atom stereocenters. The summed E-state index contributed by atoms with van der Waals surface area (Å²) in [6, 6.07) is 0. The molecular weight excluding hydrogens is 667 g/mol. The SMILES string of the molecule is CC/C=C\C/C=C\C/C=C\C/C=C\C/C=C\C=C/C(O)CCC(=O)O[C@H](COC(=O)CCCCCCCCCCCCC(C)C)COP(=O)(O)O. The topological polar surface area (TPSA) is 140 Å². The quantitative estimate of drug-likeness (QED) is 0.0197. The van der Waals surface area contributed by atoms with Gasteiger partial charge in [-0.25, -0.2) is 4.57 Å². The average Bonchev–Trinajstić information content (AvgIpc) is 3.08. The number of aliphatic hydroxyl groups excluding tert-OH is 1. The summed E-state index contributed by atoms with van der Waals surface area (Å²) in [5, 5.41) is 10.2. The van der Waals surface area contributed by atoms with E-state index in [0.717, 1.165) is 57.3 Å². The van der Waals surface area contributed by atoms with Gasteiger partial charge in [-0.3, -0.25) is 14.1 Å². The highest BCUT2D eigenvalue weighted by molar-refractivity contribution is 7.46. The molecule has 0 spiro atoms. The van der Waals surface area contributed by atoms with Crippen LogP contribution in [0.2, 0.25) is 0 Å². The second kappa shape index (κ2) is 34.5. The standard InChI is InChI=1S/C41H69O9P/c1-4-5-6-7-8-9-10-11-12-13-14-15-19-22-25-28-31-38(42)33-34-41(44)50-39(36-49-51(45,46)47)35-48-40(43)32-29-26-23-20-17-16-18-21-24-27-30-37(2)3/h5-6,8-9,11-12,14-15,22,25,28,31,37-39,42H,4,7,10,13,16-21,23-24,26-27,29-30,32-36H2,1-3H3,(H2,45,46,47)/b6-5-,9-8-,12-11-,15-14-,25-22-,31-28-/t38?,39-/m1/s1. The zero-order valence-electron chi connectivity index (χ0n) is 31.7. The van der Waals surface area contributed by atoms with Gasteiger partial charge in [0.25, 0.3) is 0 Å². The lowest BCUT2D eigenvalue weighted by Crippen LogP contribution is -2.29. The maximum atomic E-state index is 12.4. The minimum Gasteiger partial charge on any atom is -0.462 e. The molecule has 10 heteroatoms. The van der Waals surface area contributed by atoms with Crippen LogP contribution in [0.3, 0.4) is 0 Å². The van der Waals surface area contributed by atoms with Crippen LogP contribution in [-0.2, 0) is 28.2 Å². The molecule has 3 N–H and O–H groups in total. The van der Waals surface area contributed by atoms with Gasteiger partial charge in [0.2, 0.25) is 0 Å². The molecule has 0 aromatic carbocycles. The van der Waals surface area contributed by atoms with Crippen molar-refractivity contribution < 1.29 is 43.0 Å². The fourth-order valence-electron chi connectivity index (χ4n) is 4.90. The third-order valence-electron chi connectivity index (χ3n) is 7.79. The number of aliphatic hydroxyl groups is 1. The maximum Gasteiger partial charge on any atom is 0.469 e. The number of phosphoric ester groups is 1. The smallest absolute Gasteiger partial charge is 0.462 e. The monoisotopic (exact) mass is 736 g/mol. The number of hydrogen-bond acceptors (Lipinski definition) is 7. The molecule has 0 aliphatic heterocycles. The fraction of sp³-hybridized carbons (Fsp3) is 0.659. The Labute approximate surface area is 309 Å². The number of allylic oxidation sites excluding steroid dienone is 11. The predicted octanol–water partition coefficient (Wildman–Crippen LogP) is 10.3. The molecular formula is C41H69O9P. The summed E-state index contributed by atoms with van der Waals surface area (Å²) in [6.45, 7) is 5.65. The number of carbonyl (C=O) groups excluding carboxylic acids is 2. The third kappa shape index (κ3) is 38.5. The maximum absolute atomic E-state index is 12.4. The molecule has 0 aromatic heterocycles. The summed E-state index contributed by atoms with van der Waals surface area (Å²) in [4.78, 5) is 42.7. The summed E-state index contributed by atoms with van der Waals surface area (Å²) in [7, 11) is -4.82. The largest absolute Gasteiger partial charge is 0.469 e. The van der Waals surface area contributed by atoms with Crippen molar-refractivity contribution in [1.82, 2.24) is 0 Å². The first-order valence-corrected chi connectivity index (χ1v) is 20.7. The third-order valence-corrected chi connectivity index (χ3v) is 8.27. The van der Waals surface area contributed by atoms with Gasteiger partial charge in [-0.15, -0.1) is 0 Å². The van der Waals surface area contributed by atoms with Crippen molar-refractivity contribution in [3.05, 3.63) is 72.9 Å². The Morgan fingerprint density at radius 3 is 1.67 bits per heavy atom. The molecule has 0 saturated carbocycles. The molecule has 0 aliphatic carbocycles. The van der Waals surface area contributed by atoms with E-state index in [1.807, 2.05) is 12.2 Å². The summed E-state index contributed by atoms with van der Waals surface area (Å²) in [5.74, 6) is -0.387. The Hall–Kier alpha value is -2.55. The molecule has 0 bridgehead atoms. The molecule has 1 unspecified atom stereocenters. The highest BCUT2D eigenvalue weighted by Gasteiger charge is 2.23. The van der Waals surface area contributed by atoms with Gasteiger partial charge in [-0.05, 0) is 50.9 Å². The van der Waals surface area contributed by atoms with Crippen LogP contribution in [0.15, 0.2) is 72.9 Å². The summed E-state index contributed by atoms with van der Waals surface area (Å²) in [6.07, 6.45) is 39.6. The van der Waals surface area contributed by atoms with Crippen molar-refractivity contribution in [3.63, 3.8) is 0 Å². The molecule has 0 aliphatic rings. The van der Waals surface area contributed by atoms with E-state index in [9.17, 15) is 19.3 Å². The predicted molar refractivity (Wildman–Crippen MR) is 208 cm³/mol. The van der Waals surface area contributed by atoms with E-state index >= 15 is 0 Å². The van der Waals surface area contributed by atoms with Crippen LogP contribution in [0, 0.1) is 5.92 Å². The van der Waals surface area contributed by atoms with Crippen LogP contribution in [0.1, 0.15) is 143 Å².